The average Bonchev–Trinajstić information content (AvgIpc) is 3.08. The molecule has 0 bridgehead atoms. The number of likely N-dealkylation sites (N-methyl/N-ethyl adjacent to an activating group) is 1. The molecule has 0 spiro atoms. The number of ether oxygens (including phenoxy) is 1. The minimum Gasteiger partial charge on any atom is -0.460 e. The number of hydrogen-bond acceptors (Lipinski definition) is 7. The van der Waals surface area contributed by atoms with Crippen molar-refractivity contribution in [3.05, 3.63) is 23.9 Å². The fourth-order valence-corrected chi connectivity index (χ4v) is 4.53. The zero-order valence-electron chi connectivity index (χ0n) is 20.8. The van der Waals surface area contributed by atoms with Crippen molar-refractivity contribution >= 4 is 34.8 Å². The number of benzene rings is 1. The minimum absolute atomic E-state index is 0.0100. The Morgan fingerprint density at radius 2 is 1.97 bits per heavy atom. The summed E-state index contributed by atoms with van der Waals surface area (Å²) in [6.07, 6.45) is 2.42. The number of amides is 1. The smallest absolute Gasteiger partial charge is 0.309 e. The number of piperidine rings is 1. The molecule has 1 saturated heterocycles. The van der Waals surface area contributed by atoms with Crippen molar-refractivity contribution in [2.75, 3.05) is 25.0 Å². The second-order valence-corrected chi connectivity index (χ2v) is 10.1. The lowest BCUT2D eigenvalue weighted by Gasteiger charge is -2.39. The van der Waals surface area contributed by atoms with Crippen LogP contribution in [0.4, 0.5) is 5.69 Å². The number of anilines is 1. The number of aryl methyl sites for hydroxylation is 1. The van der Waals surface area contributed by atoms with Crippen LogP contribution in [-0.4, -0.2) is 64.4 Å². The molecule has 1 aliphatic heterocycles. The Morgan fingerprint density at radius 1 is 1.29 bits per heavy atom. The Kier molecular flexibility index (Phi) is 7.65. The van der Waals surface area contributed by atoms with E-state index in [1.165, 1.54) is 0 Å². The number of carbonyl (C=O) groups excluding carboxylic acids is 3. The van der Waals surface area contributed by atoms with Crippen molar-refractivity contribution in [1.29, 1.82) is 0 Å². The van der Waals surface area contributed by atoms with Crippen LogP contribution in [0.15, 0.2) is 18.2 Å². The van der Waals surface area contributed by atoms with Gasteiger partial charge in [-0.1, -0.05) is 0 Å². The molecule has 2 aromatic rings. The molecule has 1 fully saturated rings. The summed E-state index contributed by atoms with van der Waals surface area (Å²) in [7, 11) is 3.42. The molecule has 34 heavy (non-hydrogen) atoms. The van der Waals surface area contributed by atoms with E-state index in [1.807, 2.05) is 46.0 Å². The minimum atomic E-state index is -1.07. The van der Waals surface area contributed by atoms with Gasteiger partial charge in [0.15, 0.2) is 0 Å². The molecule has 2 heterocycles. The van der Waals surface area contributed by atoms with Gasteiger partial charge in [-0.05, 0) is 58.2 Å². The molecule has 9 nitrogen and oxygen atoms in total. The Morgan fingerprint density at radius 3 is 2.56 bits per heavy atom. The zero-order valence-corrected chi connectivity index (χ0v) is 20.8. The second-order valence-electron chi connectivity index (χ2n) is 10.1. The number of rotatable bonds is 8. The van der Waals surface area contributed by atoms with E-state index in [4.69, 9.17) is 4.74 Å². The van der Waals surface area contributed by atoms with Gasteiger partial charge in [-0.25, -0.2) is 0 Å². The number of aromatic nitrogens is 2. The Balaban J connectivity index is 1.76. The first kappa shape index (κ1) is 25.7. The first-order valence-corrected chi connectivity index (χ1v) is 11.8. The SMILES string of the molecule is CNC(=O)C(CCC=O)c1nn(C)c2cc(N3CCC(O)(CC(=O)OC(C)(C)C)CC3)ccc12. The fraction of sp³-hybridized carbons (Fsp3) is 0.600. The van der Waals surface area contributed by atoms with Crippen LogP contribution in [0.5, 0.6) is 0 Å². The van der Waals surface area contributed by atoms with Crippen molar-refractivity contribution in [2.45, 2.75) is 70.0 Å². The molecule has 2 N–H and O–H groups in total. The predicted octanol–water partition coefficient (Wildman–Crippen LogP) is 2.45. The van der Waals surface area contributed by atoms with Crippen LogP contribution < -0.4 is 10.2 Å². The van der Waals surface area contributed by atoms with Gasteiger partial charge >= 0.3 is 5.97 Å². The van der Waals surface area contributed by atoms with Crippen LogP contribution in [0.3, 0.4) is 0 Å². The van der Waals surface area contributed by atoms with E-state index in [1.54, 1.807) is 11.7 Å². The normalized spacial score (nSPS) is 16.8. The van der Waals surface area contributed by atoms with Crippen molar-refractivity contribution < 1.29 is 24.2 Å². The number of hydrogen-bond donors (Lipinski definition) is 2. The lowest BCUT2D eigenvalue weighted by molar-refractivity contribution is -0.161. The van der Waals surface area contributed by atoms with E-state index >= 15 is 0 Å². The van der Waals surface area contributed by atoms with Crippen molar-refractivity contribution in [3.8, 4) is 0 Å². The molecule has 0 radical (unpaired) electrons. The van der Waals surface area contributed by atoms with E-state index in [2.05, 4.69) is 15.3 Å². The molecule has 1 aromatic carbocycles. The molecule has 9 heteroatoms. The third kappa shape index (κ3) is 5.94. The fourth-order valence-electron chi connectivity index (χ4n) is 4.53. The zero-order chi connectivity index (χ0) is 25.1. The van der Waals surface area contributed by atoms with Crippen LogP contribution in [-0.2, 0) is 26.2 Å². The summed E-state index contributed by atoms with van der Waals surface area (Å²) < 4.78 is 7.14. The Bertz CT molecular complexity index is 1050. The number of fused-ring (bicyclic) bond motifs is 1. The van der Waals surface area contributed by atoms with Crippen molar-refractivity contribution in [1.82, 2.24) is 15.1 Å². The molecule has 0 saturated carbocycles. The number of aldehydes is 1. The molecule has 1 amide bonds. The van der Waals surface area contributed by atoms with Crippen LogP contribution in [0.1, 0.15) is 64.5 Å². The van der Waals surface area contributed by atoms with Crippen molar-refractivity contribution in [3.63, 3.8) is 0 Å². The molecule has 0 aliphatic carbocycles. The summed E-state index contributed by atoms with van der Waals surface area (Å²) in [5, 5.41) is 19.1. The molecule has 1 unspecified atom stereocenters. The molecular formula is C25H36N4O5. The van der Waals surface area contributed by atoms with Gasteiger partial charge in [0.1, 0.15) is 11.9 Å². The van der Waals surface area contributed by atoms with Gasteiger partial charge in [-0.15, -0.1) is 0 Å². The summed E-state index contributed by atoms with van der Waals surface area (Å²) in [4.78, 5) is 37.7. The van der Waals surface area contributed by atoms with Crippen LogP contribution >= 0.6 is 0 Å². The molecule has 1 aliphatic rings. The molecule has 3 rings (SSSR count). The predicted molar refractivity (Wildman–Crippen MR) is 130 cm³/mol. The maximum atomic E-state index is 12.5. The maximum absolute atomic E-state index is 12.5. The maximum Gasteiger partial charge on any atom is 0.309 e. The van der Waals surface area contributed by atoms with E-state index in [0.29, 0.717) is 38.0 Å². The van der Waals surface area contributed by atoms with E-state index < -0.39 is 17.1 Å². The standard InChI is InChI=1S/C25H36N4O5/c1-24(2,3)34-21(31)16-25(33)10-12-29(13-11-25)17-8-9-18-20(15-17)28(5)27-22(18)19(7-6-14-30)23(32)26-4/h8-9,14-15,19,33H,6-7,10-13,16H2,1-5H3,(H,26,32). The first-order valence-electron chi connectivity index (χ1n) is 11.8. The van der Waals surface area contributed by atoms with Gasteiger partial charge < -0.3 is 24.9 Å². The monoisotopic (exact) mass is 472 g/mol. The number of nitrogens with one attached hydrogen (secondary N) is 1. The first-order chi connectivity index (χ1) is 16.0. The van der Waals surface area contributed by atoms with Gasteiger partial charge in [0.2, 0.25) is 5.91 Å². The molecule has 1 aromatic heterocycles. The highest BCUT2D eigenvalue weighted by Crippen LogP contribution is 2.34. The van der Waals surface area contributed by atoms with Crippen LogP contribution in [0.25, 0.3) is 10.9 Å². The summed E-state index contributed by atoms with van der Waals surface area (Å²) in [5.74, 6) is -1.04. The van der Waals surface area contributed by atoms with Crippen LogP contribution in [0, 0.1) is 0 Å². The van der Waals surface area contributed by atoms with Gasteiger partial charge in [-0.3, -0.25) is 14.3 Å². The van der Waals surface area contributed by atoms with E-state index in [9.17, 15) is 19.5 Å². The molecular weight excluding hydrogens is 436 g/mol. The third-order valence-corrected chi connectivity index (χ3v) is 6.28. The largest absolute Gasteiger partial charge is 0.460 e. The van der Waals surface area contributed by atoms with E-state index in [0.717, 1.165) is 22.9 Å². The van der Waals surface area contributed by atoms with Gasteiger partial charge in [0.25, 0.3) is 0 Å². The highest BCUT2D eigenvalue weighted by atomic mass is 16.6. The second kappa shape index (κ2) is 10.1. The summed E-state index contributed by atoms with van der Waals surface area (Å²) >= 11 is 0. The van der Waals surface area contributed by atoms with Gasteiger partial charge in [0.05, 0.1) is 29.2 Å². The van der Waals surface area contributed by atoms with Crippen LogP contribution in [0.2, 0.25) is 0 Å². The lowest BCUT2D eigenvalue weighted by atomic mass is 9.88. The Hall–Kier alpha value is -2.94. The lowest BCUT2D eigenvalue weighted by Crippen LogP contribution is -2.46. The number of aliphatic hydroxyl groups is 1. The highest BCUT2D eigenvalue weighted by Gasteiger charge is 2.36. The average molecular weight is 473 g/mol. The Labute approximate surface area is 200 Å². The van der Waals surface area contributed by atoms with E-state index in [-0.39, 0.29) is 24.7 Å². The quantitative estimate of drug-likeness (QED) is 0.448. The summed E-state index contributed by atoms with van der Waals surface area (Å²) in [6.45, 7) is 6.66. The number of esters is 1. The van der Waals surface area contributed by atoms with Gasteiger partial charge in [-0.2, -0.15) is 5.10 Å². The molecule has 1 atom stereocenters. The number of carbonyl (C=O) groups is 3. The highest BCUT2D eigenvalue weighted by molar-refractivity contribution is 5.92. The summed E-state index contributed by atoms with van der Waals surface area (Å²) in [5.41, 5.74) is 0.904. The third-order valence-electron chi connectivity index (χ3n) is 6.28. The topological polar surface area (TPSA) is 114 Å². The van der Waals surface area contributed by atoms with Crippen molar-refractivity contribution in [2.24, 2.45) is 7.05 Å². The van der Waals surface area contributed by atoms with Gasteiger partial charge in [0, 0.05) is 44.7 Å². The number of nitrogens with zero attached hydrogens (tertiary/aromatic N) is 3. The molecule has 186 valence electrons. The summed E-state index contributed by atoms with van der Waals surface area (Å²) in [6, 6.07) is 5.99.